The number of hydrogen-bond acceptors (Lipinski definition) is 8. The first-order valence-corrected chi connectivity index (χ1v) is 7.11. The molecule has 0 saturated carbocycles. The van der Waals surface area contributed by atoms with E-state index in [0.29, 0.717) is 0 Å². The van der Waals surface area contributed by atoms with E-state index in [0.717, 1.165) is 0 Å². The lowest BCUT2D eigenvalue weighted by molar-refractivity contribution is 0.278. The summed E-state index contributed by atoms with van der Waals surface area (Å²) in [7, 11) is -1.28. The van der Waals surface area contributed by atoms with Gasteiger partial charge in [0.1, 0.15) is 0 Å². The molecule has 21 heavy (non-hydrogen) atoms. The number of anilines is 1. The lowest BCUT2D eigenvalue weighted by Crippen LogP contribution is -2.17. The predicted molar refractivity (Wildman–Crippen MR) is 70.5 cm³/mol. The van der Waals surface area contributed by atoms with Crippen LogP contribution in [0.4, 0.5) is 5.95 Å². The summed E-state index contributed by atoms with van der Waals surface area (Å²) < 4.78 is 36.4. The molecule has 0 bridgehead atoms. The van der Waals surface area contributed by atoms with E-state index in [4.69, 9.17) is 14.6 Å². The van der Waals surface area contributed by atoms with Crippen molar-refractivity contribution in [2.75, 3.05) is 18.9 Å². The van der Waals surface area contributed by atoms with Crippen LogP contribution in [0.3, 0.4) is 0 Å². The van der Waals surface area contributed by atoms with E-state index < -0.39 is 16.6 Å². The Morgan fingerprint density at radius 3 is 2.43 bits per heavy atom. The molecule has 0 saturated heterocycles. The lowest BCUT2D eigenvalue weighted by atomic mass is 10.4. The minimum atomic E-state index is -4.03. The topological polar surface area (TPSA) is 139 Å². The molecule has 0 amide bonds. The van der Waals surface area contributed by atoms with Crippen molar-refractivity contribution in [1.29, 1.82) is 0 Å². The van der Waals surface area contributed by atoms with E-state index in [9.17, 15) is 8.42 Å². The van der Waals surface area contributed by atoms with Crippen LogP contribution in [0.25, 0.3) is 0 Å². The first-order valence-electron chi connectivity index (χ1n) is 5.63. The smallest absolute Gasteiger partial charge is 0.281 e. The average molecular weight is 315 g/mol. The Kier molecular flexibility index (Phi) is 4.23. The molecule has 0 fully saturated rings. The maximum Gasteiger partial charge on any atom is 0.281 e. The van der Waals surface area contributed by atoms with Gasteiger partial charge in [-0.05, 0) is 0 Å². The van der Waals surface area contributed by atoms with Crippen LogP contribution >= 0.6 is 0 Å². The highest BCUT2D eigenvalue weighted by Gasteiger charge is 2.22. The molecule has 2 aromatic rings. The van der Waals surface area contributed by atoms with Crippen molar-refractivity contribution in [3.8, 4) is 11.8 Å². The van der Waals surface area contributed by atoms with Crippen LogP contribution in [0.5, 0.6) is 11.8 Å². The largest absolute Gasteiger partial charge is 0.481 e. The van der Waals surface area contributed by atoms with Crippen molar-refractivity contribution in [3.05, 3.63) is 17.8 Å². The fourth-order valence-corrected chi connectivity index (χ4v) is 2.54. The van der Waals surface area contributed by atoms with Crippen molar-refractivity contribution >= 4 is 16.0 Å². The number of H-pyrrole nitrogens is 1. The van der Waals surface area contributed by atoms with Crippen molar-refractivity contribution < 1.29 is 23.0 Å². The number of ether oxygens (including phenoxy) is 2. The second kappa shape index (κ2) is 5.93. The zero-order valence-corrected chi connectivity index (χ0v) is 12.0. The van der Waals surface area contributed by atoms with Gasteiger partial charge in [-0.2, -0.15) is 23.5 Å². The summed E-state index contributed by atoms with van der Waals surface area (Å²) in [5.41, 5.74) is 0.123. The molecule has 0 aromatic carbocycles. The van der Waals surface area contributed by atoms with Crippen LogP contribution in [0, 0.1) is 0 Å². The zero-order chi connectivity index (χ0) is 15.5. The van der Waals surface area contributed by atoms with Crippen molar-refractivity contribution in [2.24, 2.45) is 0 Å². The SMILES string of the molecule is COc1cc(OC)nc(NS(=O)(=O)c2[nH]ncc2CO)n1. The Bertz CT molecular complexity index is 707. The Morgan fingerprint density at radius 2 is 1.90 bits per heavy atom. The Hall–Kier alpha value is -2.40. The molecule has 0 aliphatic heterocycles. The Balaban J connectivity index is 2.36. The molecule has 0 unspecified atom stereocenters. The number of nitrogens with zero attached hydrogens (tertiary/aromatic N) is 3. The molecule has 0 atom stereocenters. The maximum absolute atomic E-state index is 12.2. The third-order valence-corrected chi connectivity index (χ3v) is 3.78. The first kappa shape index (κ1) is 15.0. The summed E-state index contributed by atoms with van der Waals surface area (Å²) in [6.07, 6.45) is 1.21. The predicted octanol–water partition coefficient (Wildman–Crippen LogP) is -0.490. The quantitative estimate of drug-likeness (QED) is 0.649. The molecule has 0 spiro atoms. The molecule has 2 aromatic heterocycles. The van der Waals surface area contributed by atoms with Gasteiger partial charge in [-0.25, -0.2) is 4.72 Å². The van der Waals surface area contributed by atoms with Gasteiger partial charge in [0.2, 0.25) is 17.7 Å². The van der Waals surface area contributed by atoms with E-state index in [1.165, 1.54) is 26.5 Å². The first-order chi connectivity index (χ1) is 10.00. The van der Waals surface area contributed by atoms with Gasteiger partial charge in [0.15, 0.2) is 5.03 Å². The number of nitrogens with one attached hydrogen (secondary N) is 2. The molecule has 114 valence electrons. The summed E-state index contributed by atoms with van der Waals surface area (Å²) in [5.74, 6) is 0.0303. The maximum atomic E-state index is 12.2. The standard InChI is InChI=1S/C10H13N5O5S/c1-19-7-3-8(20-2)13-10(12-7)15-21(17,18)9-6(5-16)4-11-14-9/h3-4,16H,5H2,1-2H3,(H,11,14)(H,12,13,15). The second-order valence-electron chi connectivity index (χ2n) is 3.76. The van der Waals surface area contributed by atoms with E-state index in [-0.39, 0.29) is 28.3 Å². The third-order valence-electron chi connectivity index (χ3n) is 2.44. The number of aromatic nitrogens is 4. The van der Waals surface area contributed by atoms with E-state index >= 15 is 0 Å². The lowest BCUT2D eigenvalue weighted by Gasteiger charge is -2.08. The van der Waals surface area contributed by atoms with E-state index in [2.05, 4.69) is 24.9 Å². The molecule has 0 radical (unpaired) electrons. The van der Waals surface area contributed by atoms with Gasteiger partial charge in [0, 0.05) is 5.56 Å². The molecule has 11 heteroatoms. The van der Waals surface area contributed by atoms with E-state index in [1.54, 1.807) is 0 Å². The summed E-state index contributed by atoms with van der Waals surface area (Å²) in [4.78, 5) is 7.70. The Morgan fingerprint density at radius 1 is 1.29 bits per heavy atom. The molecular formula is C10H13N5O5S. The van der Waals surface area contributed by atoms with Crippen molar-refractivity contribution in [1.82, 2.24) is 20.2 Å². The number of aliphatic hydroxyl groups is 1. The molecule has 3 N–H and O–H groups in total. The number of rotatable bonds is 6. The van der Waals surface area contributed by atoms with Crippen LogP contribution < -0.4 is 14.2 Å². The Labute approximate surface area is 120 Å². The summed E-state index contributed by atoms with van der Waals surface area (Å²) >= 11 is 0. The highest BCUT2D eigenvalue weighted by atomic mass is 32.2. The molecular weight excluding hydrogens is 302 g/mol. The highest BCUT2D eigenvalue weighted by Crippen LogP contribution is 2.20. The number of aromatic amines is 1. The van der Waals surface area contributed by atoms with Crippen LogP contribution in [0.2, 0.25) is 0 Å². The number of hydrogen-bond donors (Lipinski definition) is 3. The van der Waals surface area contributed by atoms with Gasteiger partial charge in [0.05, 0.1) is 33.1 Å². The molecule has 10 nitrogen and oxygen atoms in total. The van der Waals surface area contributed by atoms with Gasteiger partial charge >= 0.3 is 0 Å². The average Bonchev–Trinajstić information content (AvgIpc) is 2.95. The molecule has 0 aliphatic rings. The van der Waals surface area contributed by atoms with Gasteiger partial charge in [-0.1, -0.05) is 0 Å². The van der Waals surface area contributed by atoms with Gasteiger partial charge < -0.3 is 14.6 Å². The van der Waals surface area contributed by atoms with Crippen LogP contribution in [-0.2, 0) is 16.6 Å². The summed E-state index contributed by atoms with van der Waals surface area (Å²) in [6.45, 7) is -0.477. The second-order valence-corrected chi connectivity index (χ2v) is 5.38. The van der Waals surface area contributed by atoms with Crippen molar-refractivity contribution in [2.45, 2.75) is 11.6 Å². The van der Waals surface area contributed by atoms with Crippen LogP contribution in [0.1, 0.15) is 5.56 Å². The monoisotopic (exact) mass is 315 g/mol. The number of sulfonamides is 1. The minimum Gasteiger partial charge on any atom is -0.481 e. The highest BCUT2D eigenvalue weighted by molar-refractivity contribution is 7.92. The van der Waals surface area contributed by atoms with Gasteiger partial charge in [-0.3, -0.25) is 5.10 Å². The molecule has 2 rings (SSSR count). The van der Waals surface area contributed by atoms with Crippen molar-refractivity contribution in [3.63, 3.8) is 0 Å². The fraction of sp³-hybridized carbons (Fsp3) is 0.300. The molecule has 0 aliphatic carbocycles. The minimum absolute atomic E-state index is 0.123. The zero-order valence-electron chi connectivity index (χ0n) is 11.2. The molecule has 2 heterocycles. The summed E-state index contributed by atoms with van der Waals surface area (Å²) in [5, 5.41) is 14.7. The van der Waals surface area contributed by atoms with Crippen LogP contribution in [0.15, 0.2) is 17.3 Å². The van der Waals surface area contributed by atoms with Gasteiger partial charge in [-0.15, -0.1) is 0 Å². The normalized spacial score (nSPS) is 11.2. The summed E-state index contributed by atoms with van der Waals surface area (Å²) in [6, 6.07) is 1.40. The third kappa shape index (κ3) is 3.20. The van der Waals surface area contributed by atoms with Gasteiger partial charge in [0.25, 0.3) is 10.0 Å². The number of aliphatic hydroxyl groups excluding tert-OH is 1. The fourth-order valence-electron chi connectivity index (χ4n) is 1.47. The van der Waals surface area contributed by atoms with Crippen LogP contribution in [-0.4, -0.2) is 47.9 Å². The number of methoxy groups -OCH3 is 2. The van der Waals surface area contributed by atoms with E-state index in [1.807, 2.05) is 0 Å².